The molecule has 1 heterocycles. The van der Waals surface area contributed by atoms with E-state index in [0.717, 1.165) is 41.4 Å². The number of quaternary nitrogens is 1. The molecule has 0 spiro atoms. The Balaban J connectivity index is 1.81. The second-order valence-electron chi connectivity index (χ2n) is 6.00. The average molecular weight is 336 g/mol. The average Bonchev–Trinajstić information content (AvgIpc) is 2.55. The summed E-state index contributed by atoms with van der Waals surface area (Å²) in [7, 11) is 1.89. The highest BCUT2D eigenvalue weighted by Crippen LogP contribution is 2.24. The second-order valence-corrected chi connectivity index (χ2v) is 6.85. The standard InChI is InChI=1S/C17H25N3O2S/c1-19(13-17(22)20-10-6-3-7-11-20)12-16(21)18-14-8-4-5-9-15(14)23-2/h4-5,8-9H,3,6-7,10-13H2,1-2H3,(H,18,21)/p+1. The van der Waals surface area contributed by atoms with E-state index in [4.69, 9.17) is 0 Å². The first-order valence-corrected chi connectivity index (χ1v) is 9.34. The highest BCUT2D eigenvalue weighted by Gasteiger charge is 2.21. The molecule has 2 N–H and O–H groups in total. The van der Waals surface area contributed by atoms with Crippen molar-refractivity contribution in [3.63, 3.8) is 0 Å². The van der Waals surface area contributed by atoms with Gasteiger partial charge in [0.05, 0.1) is 12.7 Å². The smallest absolute Gasteiger partial charge is 0.279 e. The van der Waals surface area contributed by atoms with Crippen molar-refractivity contribution in [2.45, 2.75) is 24.2 Å². The lowest BCUT2D eigenvalue weighted by Gasteiger charge is -2.27. The van der Waals surface area contributed by atoms with E-state index in [1.165, 1.54) is 6.42 Å². The van der Waals surface area contributed by atoms with E-state index in [1.54, 1.807) is 11.8 Å². The molecule has 0 radical (unpaired) electrons. The Morgan fingerprint density at radius 3 is 2.57 bits per heavy atom. The molecule has 0 aromatic heterocycles. The van der Waals surface area contributed by atoms with Gasteiger partial charge in [0.15, 0.2) is 13.1 Å². The van der Waals surface area contributed by atoms with E-state index in [9.17, 15) is 9.59 Å². The van der Waals surface area contributed by atoms with E-state index >= 15 is 0 Å². The number of likely N-dealkylation sites (tertiary alicyclic amines) is 1. The molecule has 6 heteroatoms. The summed E-state index contributed by atoms with van der Waals surface area (Å²) >= 11 is 1.60. The summed E-state index contributed by atoms with van der Waals surface area (Å²) < 4.78 is 0. The van der Waals surface area contributed by atoms with Crippen LogP contribution in [-0.4, -0.2) is 56.2 Å². The van der Waals surface area contributed by atoms with Gasteiger partial charge >= 0.3 is 0 Å². The molecule has 0 saturated carbocycles. The summed E-state index contributed by atoms with van der Waals surface area (Å²) in [5.74, 6) is 0.0926. The zero-order valence-electron chi connectivity index (χ0n) is 13.9. The van der Waals surface area contributed by atoms with E-state index in [0.29, 0.717) is 13.1 Å². The first-order valence-electron chi connectivity index (χ1n) is 8.12. The van der Waals surface area contributed by atoms with Crippen LogP contribution in [0.1, 0.15) is 19.3 Å². The number of benzene rings is 1. The Morgan fingerprint density at radius 1 is 1.17 bits per heavy atom. The minimum Gasteiger partial charge on any atom is -0.338 e. The number of para-hydroxylation sites is 1. The predicted molar refractivity (Wildman–Crippen MR) is 93.9 cm³/mol. The van der Waals surface area contributed by atoms with E-state index in [2.05, 4.69) is 5.32 Å². The molecule has 1 aromatic carbocycles. The second kappa shape index (κ2) is 8.93. The molecule has 1 atom stereocenters. The van der Waals surface area contributed by atoms with Crippen molar-refractivity contribution in [1.82, 2.24) is 4.90 Å². The summed E-state index contributed by atoms with van der Waals surface area (Å²) in [6.07, 6.45) is 5.39. The fourth-order valence-electron chi connectivity index (χ4n) is 2.79. The summed E-state index contributed by atoms with van der Waals surface area (Å²) in [6.45, 7) is 2.39. The van der Waals surface area contributed by atoms with Crippen molar-refractivity contribution in [2.75, 3.05) is 44.8 Å². The van der Waals surface area contributed by atoms with Gasteiger partial charge in [-0.25, -0.2) is 0 Å². The summed E-state index contributed by atoms with van der Waals surface area (Å²) in [6, 6.07) is 7.75. The van der Waals surface area contributed by atoms with Gasteiger partial charge in [-0.1, -0.05) is 12.1 Å². The Labute approximate surface area is 142 Å². The number of amides is 2. The van der Waals surface area contributed by atoms with Gasteiger partial charge in [0, 0.05) is 18.0 Å². The molecule has 0 aliphatic carbocycles. The topological polar surface area (TPSA) is 53.9 Å². The van der Waals surface area contributed by atoms with Crippen molar-refractivity contribution in [2.24, 2.45) is 0 Å². The van der Waals surface area contributed by atoms with Crippen LogP contribution < -0.4 is 10.2 Å². The van der Waals surface area contributed by atoms with E-state index < -0.39 is 0 Å². The van der Waals surface area contributed by atoms with Gasteiger partial charge in [-0.15, -0.1) is 11.8 Å². The van der Waals surface area contributed by atoms with E-state index in [1.807, 2.05) is 42.5 Å². The first-order chi connectivity index (χ1) is 11.1. The van der Waals surface area contributed by atoms with Crippen molar-refractivity contribution < 1.29 is 14.5 Å². The molecule has 2 amide bonds. The lowest BCUT2D eigenvalue weighted by Crippen LogP contribution is -3.11. The molecule has 1 aromatic rings. The quantitative estimate of drug-likeness (QED) is 0.758. The zero-order valence-corrected chi connectivity index (χ0v) is 14.7. The summed E-state index contributed by atoms with van der Waals surface area (Å²) in [4.78, 5) is 28.3. The van der Waals surface area contributed by atoms with Gasteiger partial charge in [0.25, 0.3) is 11.8 Å². The number of likely N-dealkylation sites (N-methyl/N-ethyl adjacent to an activating group) is 1. The number of carbonyl (C=O) groups excluding carboxylic acids is 2. The Kier molecular flexibility index (Phi) is 6.92. The highest BCUT2D eigenvalue weighted by atomic mass is 32.2. The molecule has 1 aliphatic heterocycles. The number of nitrogens with zero attached hydrogens (tertiary/aromatic N) is 1. The largest absolute Gasteiger partial charge is 0.338 e. The van der Waals surface area contributed by atoms with Gasteiger partial charge in [-0.05, 0) is 37.7 Å². The summed E-state index contributed by atoms with van der Waals surface area (Å²) in [5, 5.41) is 2.94. The van der Waals surface area contributed by atoms with Crippen LogP contribution in [0, 0.1) is 0 Å². The first kappa shape index (κ1) is 17.8. The molecule has 2 rings (SSSR count). The Hall–Kier alpha value is -1.53. The molecule has 126 valence electrons. The maximum Gasteiger partial charge on any atom is 0.279 e. The van der Waals surface area contributed by atoms with Gasteiger partial charge in [-0.2, -0.15) is 0 Å². The molecule has 1 fully saturated rings. The number of carbonyl (C=O) groups is 2. The number of anilines is 1. The zero-order chi connectivity index (χ0) is 16.7. The van der Waals surface area contributed by atoms with Crippen LogP contribution in [0.2, 0.25) is 0 Å². The molecule has 1 aliphatic rings. The highest BCUT2D eigenvalue weighted by molar-refractivity contribution is 7.98. The van der Waals surface area contributed by atoms with Crippen molar-refractivity contribution in [1.29, 1.82) is 0 Å². The number of nitrogens with one attached hydrogen (secondary N) is 2. The van der Waals surface area contributed by atoms with Crippen molar-refractivity contribution in [3.05, 3.63) is 24.3 Å². The fraction of sp³-hybridized carbons (Fsp3) is 0.529. The van der Waals surface area contributed by atoms with Crippen LogP contribution in [0.25, 0.3) is 0 Å². The number of thioether (sulfide) groups is 1. The summed E-state index contributed by atoms with van der Waals surface area (Å²) in [5.41, 5.74) is 0.833. The normalized spacial score (nSPS) is 16.0. The predicted octanol–water partition coefficient (Wildman–Crippen LogP) is 0.874. The molecule has 0 bridgehead atoms. The van der Waals surface area contributed by atoms with Gasteiger partial charge in [0.1, 0.15) is 0 Å². The lowest BCUT2D eigenvalue weighted by atomic mass is 10.1. The Bertz CT molecular complexity index is 544. The molecular formula is C17H26N3O2S+. The third kappa shape index (κ3) is 5.55. The minimum absolute atomic E-state index is 0.0598. The van der Waals surface area contributed by atoms with Crippen LogP contribution in [0.15, 0.2) is 29.2 Å². The Morgan fingerprint density at radius 2 is 1.87 bits per heavy atom. The van der Waals surface area contributed by atoms with Crippen LogP contribution in [-0.2, 0) is 9.59 Å². The van der Waals surface area contributed by atoms with Gasteiger partial charge in [0.2, 0.25) is 0 Å². The van der Waals surface area contributed by atoms with Crippen LogP contribution in [0.4, 0.5) is 5.69 Å². The lowest BCUT2D eigenvalue weighted by molar-refractivity contribution is -0.862. The maximum absolute atomic E-state index is 12.2. The third-order valence-corrected chi connectivity index (χ3v) is 4.80. The molecule has 23 heavy (non-hydrogen) atoms. The molecule has 1 saturated heterocycles. The van der Waals surface area contributed by atoms with Crippen molar-refractivity contribution in [3.8, 4) is 0 Å². The van der Waals surface area contributed by atoms with Gasteiger partial charge < -0.3 is 15.1 Å². The van der Waals surface area contributed by atoms with Crippen LogP contribution in [0.3, 0.4) is 0 Å². The van der Waals surface area contributed by atoms with Crippen molar-refractivity contribution >= 4 is 29.3 Å². The minimum atomic E-state index is -0.0598. The molecule has 5 nitrogen and oxygen atoms in total. The fourth-order valence-corrected chi connectivity index (χ4v) is 3.35. The third-order valence-electron chi connectivity index (χ3n) is 4.01. The van der Waals surface area contributed by atoms with Crippen LogP contribution in [0.5, 0.6) is 0 Å². The van der Waals surface area contributed by atoms with E-state index in [-0.39, 0.29) is 11.8 Å². The molecular weight excluding hydrogens is 310 g/mol. The monoisotopic (exact) mass is 336 g/mol. The van der Waals surface area contributed by atoms with Crippen LogP contribution >= 0.6 is 11.8 Å². The number of hydrogen-bond donors (Lipinski definition) is 2. The number of rotatable bonds is 6. The SMILES string of the molecule is CSc1ccccc1NC(=O)C[NH+](C)CC(=O)N1CCCCC1. The number of piperidine rings is 1. The number of hydrogen-bond acceptors (Lipinski definition) is 3. The maximum atomic E-state index is 12.2. The van der Waals surface area contributed by atoms with Gasteiger partial charge in [-0.3, -0.25) is 9.59 Å². The molecule has 1 unspecified atom stereocenters.